The Morgan fingerprint density at radius 2 is 1.75 bits per heavy atom. The van der Waals surface area contributed by atoms with Crippen molar-refractivity contribution in [3.05, 3.63) is 78.2 Å². The summed E-state index contributed by atoms with van der Waals surface area (Å²) in [6.07, 6.45) is 5.05. The fraction of sp³-hybridized carbons (Fsp3) is 0.0417. The lowest BCUT2D eigenvalue weighted by Crippen LogP contribution is -2.29. The lowest BCUT2D eigenvalue weighted by molar-refractivity contribution is -0.133. The number of nitrogens with one attached hydrogen (secondary N) is 2. The van der Waals surface area contributed by atoms with Crippen molar-refractivity contribution in [2.24, 2.45) is 0 Å². The van der Waals surface area contributed by atoms with Crippen molar-refractivity contribution < 1.29 is 9.59 Å². The van der Waals surface area contributed by atoms with Gasteiger partial charge in [-0.1, -0.05) is 0 Å². The Kier molecular flexibility index (Phi) is 5.47. The lowest BCUT2D eigenvalue weighted by atomic mass is 9.99. The number of carbonyl (C=O) groups is 2. The molecule has 0 spiro atoms. The highest BCUT2D eigenvalue weighted by Crippen LogP contribution is 2.31. The van der Waals surface area contributed by atoms with E-state index >= 15 is 0 Å². The van der Waals surface area contributed by atoms with Crippen LogP contribution in [0.5, 0.6) is 0 Å². The van der Waals surface area contributed by atoms with E-state index in [1.165, 1.54) is 0 Å². The van der Waals surface area contributed by atoms with Gasteiger partial charge in [0.05, 0.1) is 11.6 Å². The minimum atomic E-state index is -0.867. The van der Waals surface area contributed by atoms with E-state index < -0.39 is 11.8 Å². The van der Waals surface area contributed by atoms with Crippen LogP contribution in [-0.4, -0.2) is 21.8 Å². The number of hydrogen-bond donors (Lipinski definition) is 3. The number of aromatic nitrogens is 2. The van der Waals surface area contributed by atoms with Crippen LogP contribution in [-0.2, 0) is 9.59 Å². The number of nitriles is 1. The molecule has 0 aliphatic carbocycles. The zero-order valence-corrected chi connectivity index (χ0v) is 17.1. The maximum Gasteiger partial charge on any atom is 0.315 e. The molecule has 2 aromatic heterocycles. The lowest BCUT2D eigenvalue weighted by Gasteiger charge is -2.11. The Morgan fingerprint density at radius 1 is 1.00 bits per heavy atom. The highest BCUT2D eigenvalue weighted by atomic mass is 16.2. The summed E-state index contributed by atoms with van der Waals surface area (Å²) in [4.78, 5) is 32.9. The number of amides is 2. The van der Waals surface area contributed by atoms with E-state index in [4.69, 9.17) is 11.0 Å². The number of rotatable bonds is 3. The SMILES string of the molecule is Cc1ccncc1-c1cc(N)c2cnc(NC(=O)C(=O)Nc3ccc(C#N)cc3)cc2c1. The molecular formula is C24H18N6O2. The normalized spacial score (nSPS) is 10.4. The van der Waals surface area contributed by atoms with Crippen LogP contribution in [0.4, 0.5) is 17.2 Å². The van der Waals surface area contributed by atoms with Crippen LogP contribution in [0.25, 0.3) is 21.9 Å². The third kappa shape index (κ3) is 4.22. The predicted octanol–water partition coefficient (Wildman–Crippen LogP) is 3.64. The third-order valence-corrected chi connectivity index (χ3v) is 4.94. The van der Waals surface area contributed by atoms with Gasteiger partial charge in [-0.15, -0.1) is 0 Å². The van der Waals surface area contributed by atoms with Gasteiger partial charge >= 0.3 is 11.8 Å². The van der Waals surface area contributed by atoms with Crippen LogP contribution in [0.2, 0.25) is 0 Å². The molecule has 0 unspecified atom stereocenters. The molecule has 156 valence electrons. The molecule has 8 nitrogen and oxygen atoms in total. The van der Waals surface area contributed by atoms with Crippen LogP contribution in [0.3, 0.4) is 0 Å². The Bertz CT molecular complexity index is 1390. The molecule has 8 heteroatoms. The fourth-order valence-electron chi connectivity index (χ4n) is 3.27. The molecular weight excluding hydrogens is 404 g/mol. The van der Waals surface area contributed by atoms with E-state index in [0.717, 1.165) is 27.5 Å². The Balaban J connectivity index is 1.56. The molecule has 0 bridgehead atoms. The number of nitrogens with two attached hydrogens (primary N) is 1. The van der Waals surface area contributed by atoms with E-state index in [1.807, 2.05) is 31.2 Å². The maximum absolute atomic E-state index is 12.3. The molecule has 2 heterocycles. The average molecular weight is 422 g/mol. The van der Waals surface area contributed by atoms with Crippen LogP contribution >= 0.6 is 0 Å². The number of pyridine rings is 2. The van der Waals surface area contributed by atoms with E-state index in [0.29, 0.717) is 16.9 Å². The number of fused-ring (bicyclic) bond motifs is 1. The number of anilines is 3. The van der Waals surface area contributed by atoms with Crippen molar-refractivity contribution in [3.8, 4) is 17.2 Å². The van der Waals surface area contributed by atoms with Gasteiger partial charge < -0.3 is 16.4 Å². The van der Waals surface area contributed by atoms with Gasteiger partial charge in [-0.05, 0) is 72.0 Å². The van der Waals surface area contributed by atoms with E-state index in [1.54, 1.807) is 48.9 Å². The topological polar surface area (TPSA) is 134 Å². The first-order chi connectivity index (χ1) is 15.4. The van der Waals surface area contributed by atoms with Crippen molar-refractivity contribution in [3.63, 3.8) is 0 Å². The monoisotopic (exact) mass is 422 g/mol. The summed E-state index contributed by atoms with van der Waals surface area (Å²) < 4.78 is 0. The number of aryl methyl sites for hydroxylation is 1. The van der Waals surface area contributed by atoms with E-state index in [-0.39, 0.29) is 5.82 Å². The minimum Gasteiger partial charge on any atom is -0.398 e. The third-order valence-electron chi connectivity index (χ3n) is 4.94. The highest BCUT2D eigenvalue weighted by Gasteiger charge is 2.15. The molecule has 2 amide bonds. The Labute approximate surface area is 183 Å². The van der Waals surface area contributed by atoms with Gasteiger partial charge in [0.1, 0.15) is 5.82 Å². The molecule has 0 saturated heterocycles. The zero-order valence-electron chi connectivity index (χ0n) is 17.1. The van der Waals surface area contributed by atoms with Gasteiger partial charge in [-0.2, -0.15) is 5.26 Å². The summed E-state index contributed by atoms with van der Waals surface area (Å²) in [6.45, 7) is 1.99. The number of benzene rings is 2. The predicted molar refractivity (Wildman–Crippen MR) is 123 cm³/mol. The number of nitrogens with zero attached hydrogens (tertiary/aromatic N) is 3. The summed E-state index contributed by atoms with van der Waals surface area (Å²) in [5.41, 5.74) is 10.5. The standard InChI is InChI=1S/C24H18N6O2/c1-14-6-7-27-12-19(14)16-8-17-10-22(28-13-20(17)21(26)9-16)30-24(32)23(31)29-18-4-2-15(11-25)3-5-18/h2-10,12-13H,26H2,1H3,(H,29,31)(H,28,30,32). The van der Waals surface area contributed by atoms with E-state index in [9.17, 15) is 9.59 Å². The first kappa shape index (κ1) is 20.5. The summed E-state index contributed by atoms with van der Waals surface area (Å²) in [5.74, 6) is -1.50. The Morgan fingerprint density at radius 3 is 2.47 bits per heavy atom. The number of hydrogen-bond acceptors (Lipinski definition) is 6. The summed E-state index contributed by atoms with van der Waals surface area (Å²) in [7, 11) is 0. The first-order valence-electron chi connectivity index (χ1n) is 9.67. The molecule has 2 aromatic carbocycles. The van der Waals surface area contributed by atoms with Crippen LogP contribution in [0, 0.1) is 18.3 Å². The second-order valence-electron chi connectivity index (χ2n) is 7.14. The molecule has 0 aliphatic heterocycles. The van der Waals surface area contributed by atoms with Gasteiger partial charge in [-0.25, -0.2) is 4.98 Å². The summed E-state index contributed by atoms with van der Waals surface area (Å²) in [5, 5.41) is 15.3. The largest absolute Gasteiger partial charge is 0.398 e. The summed E-state index contributed by atoms with van der Waals surface area (Å²) >= 11 is 0. The van der Waals surface area contributed by atoms with Crippen molar-refractivity contribution in [1.29, 1.82) is 5.26 Å². The minimum absolute atomic E-state index is 0.219. The zero-order chi connectivity index (χ0) is 22.7. The second-order valence-corrected chi connectivity index (χ2v) is 7.14. The molecule has 0 fully saturated rings. The molecule has 0 atom stereocenters. The van der Waals surface area contributed by atoms with Crippen LogP contribution in [0.15, 0.2) is 67.1 Å². The first-order valence-corrected chi connectivity index (χ1v) is 9.67. The molecule has 0 aliphatic rings. The van der Waals surface area contributed by atoms with Gasteiger partial charge in [0.25, 0.3) is 0 Å². The molecule has 0 saturated carbocycles. The van der Waals surface area contributed by atoms with Gasteiger partial charge in [0.15, 0.2) is 0 Å². The van der Waals surface area contributed by atoms with Gasteiger partial charge in [-0.3, -0.25) is 14.6 Å². The van der Waals surface area contributed by atoms with Crippen LogP contribution < -0.4 is 16.4 Å². The van der Waals surface area contributed by atoms with Crippen molar-refractivity contribution in [2.45, 2.75) is 6.92 Å². The average Bonchev–Trinajstić information content (AvgIpc) is 2.79. The van der Waals surface area contributed by atoms with E-state index in [2.05, 4.69) is 20.6 Å². The molecule has 4 N–H and O–H groups in total. The fourth-order valence-corrected chi connectivity index (χ4v) is 3.27. The smallest absolute Gasteiger partial charge is 0.315 e. The molecule has 32 heavy (non-hydrogen) atoms. The summed E-state index contributed by atoms with van der Waals surface area (Å²) in [6, 6.07) is 15.5. The molecule has 0 radical (unpaired) electrons. The van der Waals surface area contributed by atoms with Crippen molar-refractivity contribution in [2.75, 3.05) is 16.4 Å². The van der Waals surface area contributed by atoms with Gasteiger partial charge in [0, 0.05) is 40.9 Å². The van der Waals surface area contributed by atoms with Crippen molar-refractivity contribution in [1.82, 2.24) is 9.97 Å². The molecule has 4 rings (SSSR count). The van der Waals surface area contributed by atoms with Gasteiger partial charge in [0.2, 0.25) is 0 Å². The molecule has 4 aromatic rings. The number of carbonyl (C=O) groups excluding carboxylic acids is 2. The maximum atomic E-state index is 12.3. The van der Waals surface area contributed by atoms with Crippen LogP contribution in [0.1, 0.15) is 11.1 Å². The van der Waals surface area contributed by atoms with Crippen molar-refractivity contribution >= 4 is 39.8 Å². The second kappa shape index (κ2) is 8.53. The number of nitrogen functional groups attached to an aromatic ring is 1. The highest BCUT2D eigenvalue weighted by molar-refractivity contribution is 6.43. The quantitative estimate of drug-likeness (QED) is 0.341. The Hall–Kier alpha value is -4.77.